The molecule has 0 atom stereocenters. The van der Waals surface area contributed by atoms with Crippen molar-refractivity contribution in [3.05, 3.63) is 76.6 Å². The van der Waals surface area contributed by atoms with Crippen LogP contribution < -0.4 is 4.90 Å². The summed E-state index contributed by atoms with van der Waals surface area (Å²) >= 11 is 7.30. The van der Waals surface area contributed by atoms with Crippen molar-refractivity contribution in [1.29, 1.82) is 0 Å². The molecule has 0 radical (unpaired) electrons. The summed E-state index contributed by atoms with van der Waals surface area (Å²) in [7, 11) is 0. The predicted octanol–water partition coefficient (Wildman–Crippen LogP) is 3.65. The lowest BCUT2D eigenvalue weighted by Crippen LogP contribution is -2.45. The van der Waals surface area contributed by atoms with Crippen molar-refractivity contribution in [2.24, 2.45) is 0 Å². The Bertz CT molecular complexity index is 959. The number of nitrogens with zero attached hydrogens (tertiary/aromatic N) is 4. The van der Waals surface area contributed by atoms with Gasteiger partial charge >= 0.3 is 0 Å². The molecule has 30 heavy (non-hydrogen) atoms. The average Bonchev–Trinajstić information content (AvgIpc) is 3.25. The molecule has 2 aromatic carbocycles. The number of carbonyl (C=O) groups excluding carboxylic acids is 1. The Balaban J connectivity index is 1.50. The summed E-state index contributed by atoms with van der Waals surface area (Å²) in [6, 6.07) is 17.8. The molecule has 0 bridgehead atoms. The molecule has 6 nitrogen and oxygen atoms in total. The van der Waals surface area contributed by atoms with E-state index in [0.717, 1.165) is 22.1 Å². The number of carbonyl (C=O) groups is 1. The van der Waals surface area contributed by atoms with Gasteiger partial charge in [0.05, 0.1) is 19.8 Å². The van der Waals surface area contributed by atoms with E-state index < -0.39 is 0 Å². The van der Waals surface area contributed by atoms with Crippen LogP contribution in [0.1, 0.15) is 17.0 Å². The van der Waals surface area contributed by atoms with Gasteiger partial charge in [0.2, 0.25) is 11.0 Å². The molecule has 0 spiro atoms. The van der Waals surface area contributed by atoms with E-state index in [0.29, 0.717) is 44.3 Å². The second-order valence-corrected chi connectivity index (χ2v) is 8.30. The molecule has 0 saturated carbocycles. The highest BCUT2D eigenvalue weighted by Crippen LogP contribution is 2.22. The van der Waals surface area contributed by atoms with Gasteiger partial charge in [0.25, 0.3) is 0 Å². The minimum absolute atomic E-state index is 0.0867. The van der Waals surface area contributed by atoms with Crippen LogP contribution in [-0.2, 0) is 22.5 Å². The minimum Gasteiger partial charge on any atom is -0.378 e. The van der Waals surface area contributed by atoms with Gasteiger partial charge in [-0.05, 0) is 23.3 Å². The van der Waals surface area contributed by atoms with Crippen LogP contribution in [0, 0.1) is 0 Å². The quantitative estimate of drug-likeness (QED) is 0.559. The van der Waals surface area contributed by atoms with E-state index in [9.17, 15) is 4.79 Å². The number of rotatable bonds is 7. The molecule has 1 aliphatic rings. The molecular weight excluding hydrogens is 420 g/mol. The van der Waals surface area contributed by atoms with Gasteiger partial charge in [-0.25, -0.2) is 4.98 Å². The number of hydrogen-bond donors (Lipinski definition) is 0. The molecule has 1 aliphatic heterocycles. The monoisotopic (exact) mass is 442 g/mol. The van der Waals surface area contributed by atoms with Crippen molar-refractivity contribution in [3.8, 4) is 0 Å². The summed E-state index contributed by atoms with van der Waals surface area (Å²) in [6.45, 7) is 3.33. The Morgan fingerprint density at radius 2 is 1.80 bits per heavy atom. The zero-order valence-corrected chi connectivity index (χ0v) is 18.1. The number of morpholine rings is 1. The Labute approximate surface area is 185 Å². The minimum atomic E-state index is 0.0867. The predicted molar refractivity (Wildman–Crippen MR) is 119 cm³/mol. The zero-order valence-electron chi connectivity index (χ0n) is 16.5. The third-order valence-electron chi connectivity index (χ3n) is 4.91. The van der Waals surface area contributed by atoms with Crippen LogP contribution in [0.15, 0.2) is 54.6 Å². The molecule has 0 aliphatic carbocycles. The van der Waals surface area contributed by atoms with Crippen molar-refractivity contribution >= 4 is 34.2 Å². The molecule has 1 amide bonds. The first kappa shape index (κ1) is 20.8. The normalized spacial score (nSPS) is 14.0. The third-order valence-corrected chi connectivity index (χ3v) is 5.98. The van der Waals surface area contributed by atoms with E-state index in [4.69, 9.17) is 21.3 Å². The number of halogens is 1. The van der Waals surface area contributed by atoms with Gasteiger partial charge in [-0.1, -0.05) is 54.1 Å². The summed E-state index contributed by atoms with van der Waals surface area (Å²) in [5.74, 6) is 0.831. The molecule has 0 N–H and O–H groups in total. The van der Waals surface area contributed by atoms with Crippen molar-refractivity contribution in [3.63, 3.8) is 0 Å². The first-order chi connectivity index (χ1) is 14.7. The van der Waals surface area contributed by atoms with Gasteiger partial charge in [0.15, 0.2) is 0 Å². The lowest BCUT2D eigenvalue weighted by atomic mass is 10.1. The number of ether oxygens (including phenoxy) is 1. The largest absolute Gasteiger partial charge is 0.378 e. The van der Waals surface area contributed by atoms with Gasteiger partial charge < -0.3 is 14.5 Å². The van der Waals surface area contributed by atoms with E-state index in [2.05, 4.69) is 16.5 Å². The summed E-state index contributed by atoms with van der Waals surface area (Å²) in [5, 5.41) is 1.46. The molecular formula is C22H23ClN4O2S. The second-order valence-electron chi connectivity index (χ2n) is 7.13. The lowest BCUT2D eigenvalue weighted by Gasteiger charge is -2.29. The van der Waals surface area contributed by atoms with Gasteiger partial charge in [0, 0.05) is 42.6 Å². The second kappa shape index (κ2) is 10.0. The average molecular weight is 443 g/mol. The van der Waals surface area contributed by atoms with Gasteiger partial charge in [0.1, 0.15) is 5.82 Å². The highest BCUT2D eigenvalue weighted by molar-refractivity contribution is 7.09. The van der Waals surface area contributed by atoms with Crippen molar-refractivity contribution in [2.75, 3.05) is 37.7 Å². The fourth-order valence-electron chi connectivity index (χ4n) is 3.30. The van der Waals surface area contributed by atoms with E-state index in [1.54, 1.807) is 0 Å². The van der Waals surface area contributed by atoms with Crippen LogP contribution in [0.5, 0.6) is 0 Å². The SMILES string of the molecule is O=C(CN(Cc1ccccc1)c1nc(Cc2ccc(Cl)cc2)ns1)N1CCOCC1. The number of benzene rings is 2. The first-order valence-corrected chi connectivity index (χ1v) is 11.0. The van der Waals surface area contributed by atoms with Crippen molar-refractivity contribution in [1.82, 2.24) is 14.3 Å². The standard InChI is InChI=1S/C22H23ClN4O2S/c23-19-8-6-17(7-9-19)14-20-24-22(30-25-20)27(15-18-4-2-1-3-5-18)16-21(28)26-10-12-29-13-11-26/h1-9H,10-16H2. The van der Waals surface area contributed by atoms with Crippen LogP contribution in [-0.4, -0.2) is 53.0 Å². The fourth-order valence-corrected chi connectivity index (χ4v) is 4.11. The van der Waals surface area contributed by atoms with E-state index in [1.807, 2.05) is 52.3 Å². The maximum Gasteiger partial charge on any atom is 0.242 e. The van der Waals surface area contributed by atoms with Crippen molar-refractivity contribution in [2.45, 2.75) is 13.0 Å². The highest BCUT2D eigenvalue weighted by Gasteiger charge is 2.22. The fraction of sp³-hybridized carbons (Fsp3) is 0.318. The molecule has 1 aromatic heterocycles. The Morgan fingerprint density at radius 1 is 1.07 bits per heavy atom. The maximum atomic E-state index is 12.9. The molecule has 3 aromatic rings. The first-order valence-electron chi connectivity index (χ1n) is 9.89. The molecule has 0 unspecified atom stereocenters. The summed E-state index contributed by atoms with van der Waals surface area (Å²) in [5.41, 5.74) is 2.23. The lowest BCUT2D eigenvalue weighted by molar-refractivity contribution is -0.133. The van der Waals surface area contributed by atoms with Crippen LogP contribution >= 0.6 is 23.1 Å². The number of amides is 1. The van der Waals surface area contributed by atoms with Crippen molar-refractivity contribution < 1.29 is 9.53 Å². The van der Waals surface area contributed by atoms with E-state index in [1.165, 1.54) is 11.5 Å². The smallest absolute Gasteiger partial charge is 0.242 e. The number of hydrogen-bond acceptors (Lipinski definition) is 6. The molecule has 1 fully saturated rings. The Hall–Kier alpha value is -2.48. The molecule has 4 rings (SSSR count). The van der Waals surface area contributed by atoms with Gasteiger partial charge in [-0.2, -0.15) is 4.37 Å². The number of aromatic nitrogens is 2. The maximum absolute atomic E-state index is 12.9. The molecule has 1 saturated heterocycles. The highest BCUT2D eigenvalue weighted by atomic mass is 35.5. The van der Waals surface area contributed by atoms with Crippen LogP contribution in [0.2, 0.25) is 5.02 Å². The summed E-state index contributed by atoms with van der Waals surface area (Å²) in [4.78, 5) is 21.5. The molecule has 2 heterocycles. The molecule has 8 heteroatoms. The summed E-state index contributed by atoms with van der Waals surface area (Å²) < 4.78 is 9.89. The van der Waals surface area contributed by atoms with Crippen LogP contribution in [0.4, 0.5) is 5.13 Å². The number of anilines is 1. The van der Waals surface area contributed by atoms with Crippen LogP contribution in [0.3, 0.4) is 0 Å². The molecule has 156 valence electrons. The third kappa shape index (κ3) is 5.56. The summed E-state index contributed by atoms with van der Waals surface area (Å²) in [6.07, 6.45) is 0.629. The van der Waals surface area contributed by atoms with E-state index >= 15 is 0 Å². The van der Waals surface area contributed by atoms with Gasteiger partial charge in [-0.3, -0.25) is 4.79 Å². The van der Waals surface area contributed by atoms with E-state index in [-0.39, 0.29) is 12.5 Å². The zero-order chi connectivity index (χ0) is 20.8. The Morgan fingerprint density at radius 3 is 2.53 bits per heavy atom. The van der Waals surface area contributed by atoms with Crippen LogP contribution in [0.25, 0.3) is 0 Å². The van der Waals surface area contributed by atoms with Gasteiger partial charge in [-0.15, -0.1) is 0 Å². The topological polar surface area (TPSA) is 58.6 Å². The Kier molecular flexibility index (Phi) is 6.94.